The van der Waals surface area contributed by atoms with Gasteiger partial charge in [-0.25, -0.2) is 14.2 Å². The minimum Gasteiger partial charge on any atom is -0.349 e. The van der Waals surface area contributed by atoms with Gasteiger partial charge in [0.15, 0.2) is 5.54 Å². The maximum absolute atomic E-state index is 14.0. The van der Waals surface area contributed by atoms with Crippen LogP contribution in [0.1, 0.15) is 21.6 Å². The van der Waals surface area contributed by atoms with E-state index in [1.54, 1.807) is 7.05 Å². The molecule has 0 spiro atoms. The highest BCUT2D eigenvalue weighted by Crippen LogP contribution is 2.32. The highest BCUT2D eigenvalue weighted by molar-refractivity contribution is 6.08. The van der Waals surface area contributed by atoms with Gasteiger partial charge in [-0.2, -0.15) is 13.2 Å². The van der Waals surface area contributed by atoms with Crippen LogP contribution in [0.25, 0.3) is 11.1 Å². The van der Waals surface area contributed by atoms with Gasteiger partial charge >= 0.3 is 12.2 Å². The second kappa shape index (κ2) is 8.28. The molecule has 2 aromatic carbocycles. The molecule has 1 aliphatic heterocycles. The van der Waals surface area contributed by atoms with Crippen molar-refractivity contribution in [3.8, 4) is 11.1 Å². The maximum Gasteiger partial charge on any atom is 0.416 e. The minimum atomic E-state index is -4.55. The number of nitrogens with one attached hydrogen (secondary N) is 3. The van der Waals surface area contributed by atoms with E-state index in [2.05, 4.69) is 20.9 Å². The predicted molar refractivity (Wildman–Crippen MR) is 111 cm³/mol. The first kappa shape index (κ1) is 23.0. The number of aryl methyl sites for hydroxylation is 1. The van der Waals surface area contributed by atoms with Crippen LogP contribution in [0.15, 0.2) is 55.0 Å². The number of amides is 4. The Hall–Kier alpha value is -4.22. The van der Waals surface area contributed by atoms with Crippen LogP contribution >= 0.6 is 0 Å². The first-order valence-electron chi connectivity index (χ1n) is 9.87. The van der Waals surface area contributed by atoms with Crippen molar-refractivity contribution in [2.24, 2.45) is 7.05 Å². The molecule has 3 aromatic rings. The Balaban J connectivity index is 1.65. The van der Waals surface area contributed by atoms with Gasteiger partial charge in [-0.1, -0.05) is 12.1 Å². The number of rotatable bonds is 5. The highest BCUT2D eigenvalue weighted by atomic mass is 19.4. The quantitative estimate of drug-likeness (QED) is 0.390. The van der Waals surface area contributed by atoms with Crippen molar-refractivity contribution in [2.75, 3.05) is 6.54 Å². The lowest BCUT2D eigenvalue weighted by Crippen LogP contribution is -2.53. The van der Waals surface area contributed by atoms with Gasteiger partial charge in [0, 0.05) is 12.6 Å². The van der Waals surface area contributed by atoms with Crippen LogP contribution < -0.4 is 16.0 Å². The number of hydrogen-bond donors (Lipinski definition) is 3. The van der Waals surface area contributed by atoms with Crippen molar-refractivity contribution >= 4 is 17.8 Å². The van der Waals surface area contributed by atoms with Crippen molar-refractivity contribution in [1.29, 1.82) is 0 Å². The summed E-state index contributed by atoms with van der Waals surface area (Å²) >= 11 is 0. The number of imide groups is 1. The number of alkyl halides is 3. The fourth-order valence-electron chi connectivity index (χ4n) is 3.76. The lowest BCUT2D eigenvalue weighted by atomic mass is 9.94. The summed E-state index contributed by atoms with van der Waals surface area (Å²) in [7, 11) is 1.60. The summed E-state index contributed by atoms with van der Waals surface area (Å²) in [6, 6.07) is 6.42. The third-order valence-corrected chi connectivity index (χ3v) is 5.46. The predicted octanol–water partition coefficient (Wildman–Crippen LogP) is 2.71. The molecule has 1 unspecified atom stereocenters. The van der Waals surface area contributed by atoms with E-state index in [1.165, 1.54) is 23.2 Å². The largest absolute Gasteiger partial charge is 0.416 e. The van der Waals surface area contributed by atoms with Gasteiger partial charge in [-0.15, -0.1) is 0 Å². The second-order valence-corrected chi connectivity index (χ2v) is 7.65. The van der Waals surface area contributed by atoms with E-state index in [4.69, 9.17) is 0 Å². The van der Waals surface area contributed by atoms with Crippen LogP contribution in [0.3, 0.4) is 0 Å². The van der Waals surface area contributed by atoms with Gasteiger partial charge < -0.3 is 15.2 Å². The molecule has 1 atom stereocenters. The van der Waals surface area contributed by atoms with Gasteiger partial charge in [-0.3, -0.25) is 14.9 Å². The lowest BCUT2D eigenvalue weighted by Gasteiger charge is -2.26. The molecule has 1 fully saturated rings. The Morgan fingerprint density at radius 1 is 1.15 bits per heavy atom. The van der Waals surface area contributed by atoms with Crippen LogP contribution in [0.4, 0.5) is 22.4 Å². The zero-order valence-electron chi connectivity index (χ0n) is 17.5. The molecule has 1 aliphatic rings. The van der Waals surface area contributed by atoms with E-state index in [9.17, 15) is 31.9 Å². The molecule has 1 aromatic heterocycles. The first-order chi connectivity index (χ1) is 16.0. The fraction of sp³-hybridized carbons (Fsp3) is 0.182. The molecular weight excluding hydrogens is 458 g/mol. The number of carbonyl (C=O) groups excluding carboxylic acids is 3. The van der Waals surface area contributed by atoms with Crippen LogP contribution in [0.5, 0.6) is 0 Å². The number of carbonyl (C=O) groups is 3. The number of halogens is 4. The van der Waals surface area contributed by atoms with E-state index in [-0.39, 0.29) is 23.2 Å². The van der Waals surface area contributed by atoms with Gasteiger partial charge in [0.05, 0.1) is 30.3 Å². The van der Waals surface area contributed by atoms with Gasteiger partial charge in [0.25, 0.3) is 11.8 Å². The van der Waals surface area contributed by atoms with Crippen molar-refractivity contribution in [2.45, 2.75) is 11.7 Å². The number of urea groups is 1. The molecule has 12 heteroatoms. The Morgan fingerprint density at radius 2 is 1.85 bits per heavy atom. The Labute approximate surface area is 190 Å². The lowest BCUT2D eigenvalue weighted by molar-refractivity contribution is -0.137. The summed E-state index contributed by atoms with van der Waals surface area (Å²) in [5.41, 5.74) is -2.03. The molecule has 4 rings (SSSR count). The topological polar surface area (TPSA) is 105 Å². The summed E-state index contributed by atoms with van der Waals surface area (Å²) in [4.78, 5) is 41.5. The van der Waals surface area contributed by atoms with E-state index in [1.807, 2.05) is 0 Å². The van der Waals surface area contributed by atoms with Gasteiger partial charge in [0.1, 0.15) is 5.82 Å². The summed E-state index contributed by atoms with van der Waals surface area (Å²) in [6.07, 6.45) is -1.77. The Kier molecular flexibility index (Phi) is 5.59. The molecular formula is C22H17F4N5O3. The van der Waals surface area contributed by atoms with Crippen molar-refractivity contribution in [1.82, 2.24) is 25.5 Å². The van der Waals surface area contributed by atoms with Crippen molar-refractivity contribution < 1.29 is 31.9 Å². The Bertz CT molecular complexity index is 1290. The molecule has 8 nitrogen and oxygen atoms in total. The van der Waals surface area contributed by atoms with Crippen LogP contribution in [0, 0.1) is 5.82 Å². The molecule has 0 aliphatic carbocycles. The zero-order chi connectivity index (χ0) is 24.7. The molecule has 176 valence electrons. The summed E-state index contributed by atoms with van der Waals surface area (Å²) in [5, 5.41) is 7.18. The number of imidazole rings is 1. The summed E-state index contributed by atoms with van der Waals surface area (Å²) < 4.78 is 54.1. The molecule has 1 saturated heterocycles. The standard InChI is InChI=1S/C22H17F4N5O3/c1-31-11-27-9-17(31)21(19(33)29-20(34)30-21)10-28-18(32)15-7-6-14(23)8-16(15)12-2-4-13(5-3-12)22(24,25)26/h2-9,11H,10H2,1H3,(H,28,32)(H2,29,30,33,34). The second-order valence-electron chi connectivity index (χ2n) is 7.65. The number of nitrogens with zero attached hydrogens (tertiary/aromatic N) is 2. The molecule has 34 heavy (non-hydrogen) atoms. The van der Waals surface area contributed by atoms with E-state index in [0.717, 1.165) is 36.4 Å². The Morgan fingerprint density at radius 3 is 2.41 bits per heavy atom. The normalized spacial score (nSPS) is 17.9. The number of aromatic nitrogens is 2. The summed E-state index contributed by atoms with van der Waals surface area (Å²) in [5.74, 6) is -2.13. The summed E-state index contributed by atoms with van der Waals surface area (Å²) in [6.45, 7) is -0.368. The zero-order valence-corrected chi connectivity index (χ0v) is 17.5. The fourth-order valence-corrected chi connectivity index (χ4v) is 3.76. The maximum atomic E-state index is 14.0. The molecule has 2 heterocycles. The molecule has 3 N–H and O–H groups in total. The number of hydrogen-bond acceptors (Lipinski definition) is 4. The minimum absolute atomic E-state index is 0.0361. The van der Waals surface area contributed by atoms with Crippen molar-refractivity contribution in [3.05, 3.63) is 77.6 Å². The monoisotopic (exact) mass is 475 g/mol. The first-order valence-corrected chi connectivity index (χ1v) is 9.87. The average Bonchev–Trinajstić information content (AvgIpc) is 3.33. The van der Waals surface area contributed by atoms with E-state index < -0.39 is 40.9 Å². The van der Waals surface area contributed by atoms with E-state index >= 15 is 0 Å². The highest BCUT2D eigenvalue weighted by Gasteiger charge is 2.50. The van der Waals surface area contributed by atoms with Crippen LogP contribution in [-0.4, -0.2) is 33.9 Å². The SMILES string of the molecule is Cn1cncc1C1(CNC(=O)c2ccc(F)cc2-c2ccc(C(F)(F)F)cc2)NC(=O)NC1=O. The molecule has 0 radical (unpaired) electrons. The van der Waals surface area contributed by atoms with Crippen LogP contribution in [-0.2, 0) is 23.6 Å². The van der Waals surface area contributed by atoms with E-state index in [0.29, 0.717) is 5.69 Å². The molecule has 0 saturated carbocycles. The molecule has 4 amide bonds. The number of benzene rings is 2. The van der Waals surface area contributed by atoms with Crippen LogP contribution in [0.2, 0.25) is 0 Å². The smallest absolute Gasteiger partial charge is 0.349 e. The average molecular weight is 475 g/mol. The third-order valence-electron chi connectivity index (χ3n) is 5.46. The third kappa shape index (κ3) is 4.09. The molecule has 0 bridgehead atoms. The van der Waals surface area contributed by atoms with Gasteiger partial charge in [-0.05, 0) is 41.5 Å². The van der Waals surface area contributed by atoms with Gasteiger partial charge in [0.2, 0.25) is 0 Å². The van der Waals surface area contributed by atoms with Crippen molar-refractivity contribution in [3.63, 3.8) is 0 Å².